The van der Waals surface area contributed by atoms with Gasteiger partial charge in [0.25, 0.3) is 0 Å². The fraction of sp³-hybridized carbons (Fsp3) is 0.500. The van der Waals surface area contributed by atoms with Gasteiger partial charge in [0.1, 0.15) is 23.7 Å². The van der Waals surface area contributed by atoms with E-state index in [9.17, 15) is 19.2 Å². The molecule has 5 heterocycles. The first-order valence-electron chi connectivity index (χ1n) is 22.2. The molecular weight excluding hydrogens is 821 g/mol. The van der Waals surface area contributed by atoms with Gasteiger partial charge in [-0.15, -0.1) is 0 Å². The van der Waals surface area contributed by atoms with Crippen LogP contribution >= 0.6 is 0 Å². The van der Waals surface area contributed by atoms with Gasteiger partial charge in [-0.3, -0.25) is 9.59 Å². The summed E-state index contributed by atoms with van der Waals surface area (Å²) < 4.78 is 20.8. The van der Waals surface area contributed by atoms with Crippen molar-refractivity contribution < 1.29 is 38.1 Å². The molecule has 4 amide bonds. The summed E-state index contributed by atoms with van der Waals surface area (Å²) in [5.41, 5.74) is 6.91. The number of aromatic nitrogens is 6. The average molecular weight is 881 g/mol. The molecule has 18 heteroatoms. The zero-order valence-electron chi connectivity index (χ0n) is 37.3. The van der Waals surface area contributed by atoms with Gasteiger partial charge in [0.05, 0.1) is 68.5 Å². The number of benzene rings is 2. The Bertz CT molecular complexity index is 2350. The maximum absolute atomic E-state index is 14.1. The van der Waals surface area contributed by atoms with E-state index in [-0.39, 0.29) is 42.8 Å². The van der Waals surface area contributed by atoms with E-state index in [0.717, 1.165) is 57.5 Å². The van der Waals surface area contributed by atoms with E-state index in [1.807, 2.05) is 57.2 Å². The van der Waals surface area contributed by atoms with E-state index in [2.05, 4.69) is 35.6 Å². The molecular formula is C46H60N10O8. The molecule has 0 unspecified atom stereocenters. The first-order valence-corrected chi connectivity index (χ1v) is 22.2. The summed E-state index contributed by atoms with van der Waals surface area (Å²) in [5, 5.41) is 5.60. The Morgan fingerprint density at radius 2 is 1.28 bits per heavy atom. The number of rotatable bonds is 17. The van der Waals surface area contributed by atoms with Crippen molar-refractivity contribution in [3.05, 3.63) is 66.8 Å². The molecule has 2 fully saturated rings. The molecule has 2 aliphatic heterocycles. The highest BCUT2D eigenvalue weighted by atomic mass is 16.5. The maximum atomic E-state index is 14.1. The van der Waals surface area contributed by atoms with Crippen LogP contribution in [0.2, 0.25) is 0 Å². The van der Waals surface area contributed by atoms with Gasteiger partial charge in [-0.25, -0.2) is 24.5 Å². The van der Waals surface area contributed by atoms with E-state index in [4.69, 9.17) is 23.9 Å². The Hall–Kier alpha value is -6.27. The molecule has 5 aromatic rings. The van der Waals surface area contributed by atoms with Crippen LogP contribution in [0.3, 0.4) is 0 Å². The van der Waals surface area contributed by atoms with Crippen molar-refractivity contribution in [2.45, 2.75) is 90.5 Å². The van der Waals surface area contributed by atoms with Crippen molar-refractivity contribution in [1.29, 1.82) is 0 Å². The average Bonchev–Trinajstić information content (AvgIpc) is 4.14. The normalized spacial score (nSPS) is 16.1. The van der Waals surface area contributed by atoms with Crippen LogP contribution in [-0.2, 0) is 41.6 Å². The lowest BCUT2D eigenvalue weighted by Gasteiger charge is -2.36. The Balaban J connectivity index is 1.05. The topological polar surface area (TPSA) is 222 Å². The first kappa shape index (κ1) is 45.7. The van der Waals surface area contributed by atoms with Crippen molar-refractivity contribution in [2.24, 2.45) is 11.8 Å². The summed E-state index contributed by atoms with van der Waals surface area (Å²) in [6.45, 7) is 9.15. The molecule has 64 heavy (non-hydrogen) atoms. The van der Waals surface area contributed by atoms with Crippen molar-refractivity contribution in [2.75, 3.05) is 47.2 Å². The summed E-state index contributed by atoms with van der Waals surface area (Å²) in [6, 6.07) is 10.6. The number of nitrogens with zero attached hydrogens (tertiary/aromatic N) is 5. The molecule has 18 nitrogen and oxygen atoms in total. The Morgan fingerprint density at radius 3 is 1.88 bits per heavy atom. The summed E-state index contributed by atoms with van der Waals surface area (Å²) in [5.74, 6) is 0.757. The molecule has 0 saturated carbocycles. The van der Waals surface area contributed by atoms with E-state index in [0.29, 0.717) is 70.3 Å². The second-order valence-corrected chi connectivity index (χ2v) is 16.5. The Labute approximate surface area is 372 Å². The number of methoxy groups -OCH3 is 2. The number of H-pyrrole nitrogens is 3. The predicted octanol–water partition coefficient (Wildman–Crippen LogP) is 6.18. The SMILES string of the molecule is CCCN(Cc1ncc(-c2ccc(-c3ccc(-c4cnc(CN(C(=O)[C@@H](NC(=O)OC)C5CCOCC5)[C@@H](C)CC)[nH]4)cc3)c3[nH]cnc23)[nH]1)C(=O)[C@@H](NC(=O)OC)C1CCOCC1. The van der Waals surface area contributed by atoms with Gasteiger partial charge >= 0.3 is 12.2 Å². The molecule has 3 atom stereocenters. The first-order chi connectivity index (χ1) is 31.1. The summed E-state index contributed by atoms with van der Waals surface area (Å²) in [7, 11) is 2.59. The molecule has 3 aromatic heterocycles. The molecule has 2 saturated heterocycles. The van der Waals surface area contributed by atoms with Gasteiger partial charge in [-0.05, 0) is 74.5 Å². The highest BCUT2D eigenvalue weighted by Crippen LogP contribution is 2.34. The molecule has 2 aromatic carbocycles. The minimum atomic E-state index is -0.738. The lowest BCUT2D eigenvalue weighted by molar-refractivity contribution is -0.139. The van der Waals surface area contributed by atoms with Crippen LogP contribution in [0, 0.1) is 11.8 Å². The second kappa shape index (κ2) is 21.4. The zero-order chi connectivity index (χ0) is 45.2. The monoisotopic (exact) mass is 880 g/mol. The Morgan fingerprint density at radius 1 is 0.734 bits per heavy atom. The van der Waals surface area contributed by atoms with Gasteiger partial charge in [0.2, 0.25) is 11.8 Å². The molecule has 7 rings (SSSR count). The van der Waals surface area contributed by atoms with Crippen LogP contribution in [0.4, 0.5) is 9.59 Å². The highest BCUT2D eigenvalue weighted by molar-refractivity contribution is 6.00. The second-order valence-electron chi connectivity index (χ2n) is 16.5. The van der Waals surface area contributed by atoms with Crippen LogP contribution in [0.25, 0.3) is 44.7 Å². The van der Waals surface area contributed by atoms with Gasteiger partial charge < -0.3 is 54.3 Å². The molecule has 0 radical (unpaired) electrons. The van der Waals surface area contributed by atoms with Gasteiger partial charge in [0, 0.05) is 50.1 Å². The minimum Gasteiger partial charge on any atom is -0.453 e. The van der Waals surface area contributed by atoms with Gasteiger partial charge in [0.15, 0.2) is 0 Å². The number of ether oxygens (including phenoxy) is 4. The minimum absolute atomic E-state index is 0.0666. The fourth-order valence-electron chi connectivity index (χ4n) is 8.65. The smallest absolute Gasteiger partial charge is 0.407 e. The number of imidazole rings is 3. The number of carbonyl (C=O) groups excluding carboxylic acids is 4. The fourth-order valence-corrected chi connectivity index (χ4v) is 8.65. The summed E-state index contributed by atoms with van der Waals surface area (Å²) in [6.07, 6.45) is 8.04. The molecule has 0 spiro atoms. The number of hydrogen-bond donors (Lipinski definition) is 5. The Kier molecular flexibility index (Phi) is 15.3. The largest absolute Gasteiger partial charge is 0.453 e. The number of nitrogens with one attached hydrogen (secondary N) is 5. The molecule has 0 aliphatic carbocycles. The number of alkyl carbamates (subject to hydrolysis) is 2. The number of carbonyl (C=O) groups is 4. The van der Waals surface area contributed by atoms with Crippen molar-refractivity contribution >= 4 is 35.0 Å². The third-order valence-corrected chi connectivity index (χ3v) is 12.4. The predicted molar refractivity (Wildman–Crippen MR) is 238 cm³/mol. The van der Waals surface area contributed by atoms with E-state index >= 15 is 0 Å². The molecule has 0 bridgehead atoms. The molecule has 2 aliphatic rings. The summed E-state index contributed by atoms with van der Waals surface area (Å²) >= 11 is 0. The van der Waals surface area contributed by atoms with E-state index in [1.165, 1.54) is 14.2 Å². The number of hydrogen-bond acceptors (Lipinski definition) is 11. The lowest BCUT2D eigenvalue weighted by Crippen LogP contribution is -2.55. The van der Waals surface area contributed by atoms with Gasteiger partial charge in [-0.1, -0.05) is 44.2 Å². The number of aromatic amines is 3. The summed E-state index contributed by atoms with van der Waals surface area (Å²) in [4.78, 5) is 80.5. The van der Waals surface area contributed by atoms with Crippen molar-refractivity contribution in [3.8, 4) is 33.6 Å². The zero-order valence-corrected chi connectivity index (χ0v) is 37.3. The lowest BCUT2D eigenvalue weighted by atomic mass is 9.90. The van der Waals surface area contributed by atoms with Crippen LogP contribution < -0.4 is 10.6 Å². The molecule has 5 N–H and O–H groups in total. The van der Waals surface area contributed by atoms with E-state index in [1.54, 1.807) is 28.5 Å². The van der Waals surface area contributed by atoms with Gasteiger partial charge in [-0.2, -0.15) is 0 Å². The van der Waals surface area contributed by atoms with Crippen LogP contribution in [0.5, 0.6) is 0 Å². The van der Waals surface area contributed by atoms with Crippen LogP contribution in [-0.4, -0.2) is 129 Å². The van der Waals surface area contributed by atoms with Crippen LogP contribution in [0.15, 0.2) is 55.1 Å². The highest BCUT2D eigenvalue weighted by Gasteiger charge is 2.37. The van der Waals surface area contributed by atoms with Crippen molar-refractivity contribution in [3.63, 3.8) is 0 Å². The van der Waals surface area contributed by atoms with E-state index < -0.39 is 24.3 Å². The standard InChI is InChI=1S/C46H60N10O8/c1-6-18-55(43(57)39(53-45(59)61-4)31-14-19-63-20-15-31)25-37-48-24-36(52-37)34-13-12-33(41-42(34)50-27-49-41)29-8-10-30(11-9-29)35-23-47-38(51-35)26-56(28(3)7-2)44(58)40(54-46(60)62-5)32-16-21-64-22-17-32/h8-13,23-24,27-28,31-32,39-40H,6-7,14-22,25-26H2,1-5H3,(H,47,51)(H,48,52)(H,49,50)(H,53,59)(H,54,60)/t28-,39-,40-/m0/s1. The van der Waals surface area contributed by atoms with Crippen LogP contribution in [0.1, 0.15) is 70.9 Å². The number of fused-ring (bicyclic) bond motifs is 1. The number of amides is 4. The third-order valence-electron chi connectivity index (χ3n) is 12.4. The van der Waals surface area contributed by atoms with Crippen molar-refractivity contribution in [1.82, 2.24) is 50.3 Å². The maximum Gasteiger partial charge on any atom is 0.407 e. The quantitative estimate of drug-likeness (QED) is 0.0710. The molecule has 342 valence electrons. The third kappa shape index (κ3) is 10.6.